The fourth-order valence-corrected chi connectivity index (χ4v) is 4.54. The molecule has 4 aromatic rings. The second kappa shape index (κ2) is 12.3. The van der Waals surface area contributed by atoms with Crippen LogP contribution < -0.4 is 18.9 Å². The summed E-state index contributed by atoms with van der Waals surface area (Å²) in [5.41, 5.74) is 1.37. The molecule has 0 unspecified atom stereocenters. The molecular formula is C28H30N4O8S. The first-order valence-electron chi connectivity index (χ1n) is 12.5. The Morgan fingerprint density at radius 1 is 1.00 bits per heavy atom. The zero-order valence-corrected chi connectivity index (χ0v) is 24.0. The zero-order valence-electron chi connectivity index (χ0n) is 23.2. The molecule has 0 spiro atoms. The van der Waals surface area contributed by atoms with Crippen molar-refractivity contribution in [2.45, 2.75) is 38.0 Å². The van der Waals surface area contributed by atoms with Gasteiger partial charge in [0.05, 0.1) is 17.7 Å². The molecule has 2 aromatic carbocycles. The van der Waals surface area contributed by atoms with Crippen LogP contribution >= 0.6 is 0 Å². The molecule has 13 heteroatoms. The van der Waals surface area contributed by atoms with Gasteiger partial charge in [-0.15, -0.1) is 0 Å². The fourth-order valence-electron chi connectivity index (χ4n) is 3.53. The average molecular weight is 583 g/mol. The van der Waals surface area contributed by atoms with E-state index in [2.05, 4.69) is 19.8 Å². The van der Waals surface area contributed by atoms with E-state index in [-0.39, 0.29) is 46.7 Å². The van der Waals surface area contributed by atoms with Gasteiger partial charge in [0.25, 0.3) is 15.9 Å². The molecule has 4 rings (SSSR count). The van der Waals surface area contributed by atoms with E-state index in [0.717, 1.165) is 11.9 Å². The van der Waals surface area contributed by atoms with E-state index < -0.39 is 16.0 Å². The van der Waals surface area contributed by atoms with Crippen LogP contribution in [0.1, 0.15) is 42.6 Å². The third-order valence-electron chi connectivity index (χ3n) is 5.68. The van der Waals surface area contributed by atoms with Crippen LogP contribution in [0.4, 0.5) is 5.82 Å². The highest BCUT2D eigenvalue weighted by molar-refractivity contribution is 7.92. The second-order valence-electron chi connectivity index (χ2n) is 9.83. The molecule has 0 saturated heterocycles. The molecule has 216 valence electrons. The number of esters is 1. The number of benzene rings is 2. The van der Waals surface area contributed by atoms with Gasteiger partial charge in [0.1, 0.15) is 31.0 Å². The van der Waals surface area contributed by atoms with Gasteiger partial charge in [-0.25, -0.2) is 18.2 Å². The van der Waals surface area contributed by atoms with Crippen molar-refractivity contribution in [2.24, 2.45) is 0 Å². The Hall–Kier alpha value is -4.65. The van der Waals surface area contributed by atoms with Crippen molar-refractivity contribution in [1.82, 2.24) is 15.1 Å². The van der Waals surface area contributed by atoms with Crippen molar-refractivity contribution in [3.8, 4) is 23.1 Å². The van der Waals surface area contributed by atoms with Gasteiger partial charge < -0.3 is 23.5 Å². The lowest BCUT2D eigenvalue weighted by Crippen LogP contribution is -2.17. The van der Waals surface area contributed by atoms with Gasteiger partial charge in [-0.1, -0.05) is 44.1 Å². The Labute approximate surface area is 237 Å². The number of carbonyl (C=O) groups excluding carboxylic acids is 1. The minimum absolute atomic E-state index is 0.0356. The number of rotatable bonds is 11. The Bertz CT molecular complexity index is 1610. The first-order chi connectivity index (χ1) is 19.5. The maximum atomic E-state index is 13.3. The van der Waals surface area contributed by atoms with Crippen LogP contribution in [0.2, 0.25) is 0 Å². The number of hydrogen-bond donors (Lipinski definition) is 1. The molecule has 12 nitrogen and oxygen atoms in total. The number of sulfonamides is 1. The van der Waals surface area contributed by atoms with Crippen molar-refractivity contribution in [2.75, 3.05) is 25.0 Å². The highest BCUT2D eigenvalue weighted by Gasteiger charge is 2.24. The summed E-state index contributed by atoms with van der Waals surface area (Å²) in [5, 5.41) is 3.65. The Morgan fingerprint density at radius 2 is 1.73 bits per heavy atom. The molecule has 0 bridgehead atoms. The number of nitrogens with one attached hydrogen (secondary N) is 1. The molecule has 0 aliphatic heterocycles. The molecule has 0 aliphatic carbocycles. The molecule has 0 fully saturated rings. The monoisotopic (exact) mass is 582 g/mol. The molecule has 0 radical (unpaired) electrons. The number of hydrogen-bond acceptors (Lipinski definition) is 11. The summed E-state index contributed by atoms with van der Waals surface area (Å²) in [6.45, 7) is 7.49. The van der Waals surface area contributed by atoms with Gasteiger partial charge in [0, 0.05) is 12.1 Å². The molecule has 0 aliphatic rings. The summed E-state index contributed by atoms with van der Waals surface area (Å²) in [7, 11) is -2.57. The SMILES string of the molecule is COc1cccc(Oc2c(NS(=O)(=O)c3ccc(C(C)(C)C)cc3)ncnc2OCCOC(=O)c2cc(C)no2)c1. The summed E-state index contributed by atoms with van der Waals surface area (Å²) < 4.78 is 56.0. The van der Waals surface area contributed by atoms with Crippen LogP contribution in [0.3, 0.4) is 0 Å². The van der Waals surface area contributed by atoms with Crippen LogP contribution in [0.25, 0.3) is 0 Å². The van der Waals surface area contributed by atoms with Crippen molar-refractivity contribution < 1.29 is 36.7 Å². The maximum absolute atomic E-state index is 13.3. The molecule has 0 amide bonds. The van der Waals surface area contributed by atoms with Crippen molar-refractivity contribution in [3.63, 3.8) is 0 Å². The van der Waals surface area contributed by atoms with Crippen molar-refractivity contribution in [3.05, 3.63) is 77.9 Å². The Morgan fingerprint density at radius 3 is 2.39 bits per heavy atom. The van der Waals surface area contributed by atoms with Crippen molar-refractivity contribution in [1.29, 1.82) is 0 Å². The van der Waals surface area contributed by atoms with Gasteiger partial charge in [-0.3, -0.25) is 4.72 Å². The van der Waals surface area contributed by atoms with Crippen molar-refractivity contribution >= 4 is 21.8 Å². The number of carbonyl (C=O) groups is 1. The van der Waals surface area contributed by atoms with E-state index in [0.29, 0.717) is 17.2 Å². The van der Waals surface area contributed by atoms with E-state index in [1.165, 1.54) is 25.3 Å². The molecule has 41 heavy (non-hydrogen) atoms. The highest BCUT2D eigenvalue weighted by Crippen LogP contribution is 2.37. The fraction of sp³-hybridized carbons (Fsp3) is 0.286. The van der Waals surface area contributed by atoms with Crippen LogP contribution in [-0.2, 0) is 20.2 Å². The number of ether oxygens (including phenoxy) is 4. The number of methoxy groups -OCH3 is 1. The molecule has 0 saturated carbocycles. The topological polar surface area (TPSA) is 152 Å². The third-order valence-corrected chi connectivity index (χ3v) is 7.03. The lowest BCUT2D eigenvalue weighted by atomic mass is 9.87. The maximum Gasteiger partial charge on any atom is 0.377 e. The number of anilines is 1. The van der Waals surface area contributed by atoms with E-state index in [4.69, 9.17) is 23.5 Å². The van der Waals surface area contributed by atoms with Gasteiger partial charge in [0.2, 0.25) is 11.5 Å². The third kappa shape index (κ3) is 7.51. The van der Waals surface area contributed by atoms with E-state index in [1.807, 2.05) is 20.8 Å². The number of aryl methyl sites for hydroxylation is 1. The Balaban J connectivity index is 1.57. The molecule has 2 aromatic heterocycles. The normalized spacial score (nSPS) is 11.5. The van der Waals surface area contributed by atoms with E-state index >= 15 is 0 Å². The first-order valence-corrected chi connectivity index (χ1v) is 14.0. The minimum atomic E-state index is -4.07. The number of aromatic nitrogens is 3. The molecule has 2 heterocycles. The molecule has 1 N–H and O–H groups in total. The summed E-state index contributed by atoms with van der Waals surface area (Å²) in [6, 6.07) is 14.7. The van der Waals surface area contributed by atoms with Gasteiger partial charge >= 0.3 is 5.97 Å². The lowest BCUT2D eigenvalue weighted by Gasteiger charge is -2.19. The summed E-state index contributed by atoms with van der Waals surface area (Å²) in [5.74, 6) is -0.284. The van der Waals surface area contributed by atoms with Gasteiger partial charge in [0.15, 0.2) is 5.82 Å². The van der Waals surface area contributed by atoms with E-state index in [9.17, 15) is 13.2 Å². The molecule has 0 atom stereocenters. The summed E-state index contributed by atoms with van der Waals surface area (Å²) in [4.78, 5) is 20.4. The predicted molar refractivity (Wildman–Crippen MR) is 148 cm³/mol. The van der Waals surface area contributed by atoms with Crippen LogP contribution in [0.15, 0.2) is 70.3 Å². The number of nitrogens with zero attached hydrogens (tertiary/aromatic N) is 3. The molecular weight excluding hydrogens is 552 g/mol. The smallest absolute Gasteiger partial charge is 0.377 e. The average Bonchev–Trinajstić information content (AvgIpc) is 3.38. The summed E-state index contributed by atoms with van der Waals surface area (Å²) in [6.07, 6.45) is 1.12. The predicted octanol–water partition coefficient (Wildman–Crippen LogP) is 4.91. The Kier molecular flexibility index (Phi) is 8.77. The van der Waals surface area contributed by atoms with Crippen LogP contribution in [-0.4, -0.2) is 49.8 Å². The van der Waals surface area contributed by atoms with E-state index in [1.54, 1.807) is 43.3 Å². The highest BCUT2D eigenvalue weighted by atomic mass is 32.2. The summed E-state index contributed by atoms with van der Waals surface area (Å²) >= 11 is 0. The minimum Gasteiger partial charge on any atom is -0.497 e. The standard InChI is InChI=1S/C28H30N4O8S/c1-18-15-23(40-31-18)27(33)38-14-13-37-26-24(39-21-8-6-7-20(16-21)36-5)25(29-17-30-26)32-41(34,35)22-11-9-19(10-12-22)28(2,3)4/h6-12,15-17H,13-14H2,1-5H3,(H,29,30,32). The van der Waals surface area contributed by atoms with Gasteiger partial charge in [-0.2, -0.15) is 4.98 Å². The lowest BCUT2D eigenvalue weighted by molar-refractivity contribution is 0.0401. The first kappa shape index (κ1) is 29.3. The van der Waals surface area contributed by atoms with Gasteiger partial charge in [-0.05, 0) is 42.2 Å². The largest absolute Gasteiger partial charge is 0.497 e. The zero-order chi connectivity index (χ0) is 29.6. The van der Waals surface area contributed by atoms with Crippen LogP contribution in [0, 0.1) is 6.92 Å². The second-order valence-corrected chi connectivity index (χ2v) is 11.5. The van der Waals surface area contributed by atoms with Crippen LogP contribution in [0.5, 0.6) is 23.1 Å². The quantitative estimate of drug-likeness (QED) is 0.190.